The van der Waals surface area contributed by atoms with Gasteiger partial charge in [0.2, 0.25) is 11.0 Å². The van der Waals surface area contributed by atoms with Gasteiger partial charge in [-0.15, -0.1) is 10.2 Å². The number of carbonyl (C=O) groups excluding carboxylic acids is 1. The number of hydrogen-bond donors (Lipinski definition) is 2. The number of piperidine rings is 1. The Hall–Kier alpha value is -2.36. The van der Waals surface area contributed by atoms with E-state index in [1.165, 1.54) is 11.3 Å². The summed E-state index contributed by atoms with van der Waals surface area (Å²) in [5, 5.41) is 12.0. The van der Waals surface area contributed by atoms with E-state index in [2.05, 4.69) is 25.4 Å². The third-order valence-corrected chi connectivity index (χ3v) is 5.46. The largest absolute Gasteiger partial charge is 0.377 e. The topological polar surface area (TPSA) is 96.0 Å². The van der Waals surface area contributed by atoms with E-state index in [1.807, 2.05) is 24.3 Å². The quantitative estimate of drug-likeness (QED) is 0.675. The van der Waals surface area contributed by atoms with E-state index in [0.717, 1.165) is 47.8 Å². The molecule has 27 heavy (non-hydrogen) atoms. The van der Waals surface area contributed by atoms with E-state index >= 15 is 0 Å². The highest BCUT2D eigenvalue weighted by molar-refractivity contribution is 7.15. The zero-order valence-electron chi connectivity index (χ0n) is 15.1. The van der Waals surface area contributed by atoms with E-state index in [-0.39, 0.29) is 5.91 Å². The summed E-state index contributed by atoms with van der Waals surface area (Å²) >= 11 is 1.33. The SMILES string of the molecule is COCc1nnc(NC(=O)CN2CCC[C@H](c3nc4ccccc4[nH]3)C2)s1. The molecule has 1 fully saturated rings. The molecule has 1 atom stereocenters. The number of amides is 1. The summed E-state index contributed by atoms with van der Waals surface area (Å²) in [6, 6.07) is 8.06. The highest BCUT2D eigenvalue weighted by Gasteiger charge is 2.25. The number of aromatic amines is 1. The monoisotopic (exact) mass is 386 g/mol. The highest BCUT2D eigenvalue weighted by Crippen LogP contribution is 2.26. The molecule has 1 amide bonds. The molecule has 0 unspecified atom stereocenters. The van der Waals surface area contributed by atoms with Crippen LogP contribution in [-0.2, 0) is 16.1 Å². The maximum Gasteiger partial charge on any atom is 0.240 e. The lowest BCUT2D eigenvalue weighted by Gasteiger charge is -2.31. The second kappa shape index (κ2) is 8.12. The van der Waals surface area contributed by atoms with Crippen LogP contribution < -0.4 is 5.32 Å². The highest BCUT2D eigenvalue weighted by atomic mass is 32.1. The molecule has 1 aliphatic heterocycles. The number of rotatable bonds is 6. The Morgan fingerprint density at radius 2 is 2.30 bits per heavy atom. The van der Waals surface area contributed by atoms with E-state index in [4.69, 9.17) is 9.72 Å². The molecule has 2 aromatic heterocycles. The maximum absolute atomic E-state index is 12.4. The molecule has 0 bridgehead atoms. The van der Waals surface area contributed by atoms with Crippen molar-refractivity contribution >= 4 is 33.4 Å². The predicted molar refractivity (Wildman–Crippen MR) is 104 cm³/mol. The Bertz CT molecular complexity index is 890. The van der Waals surface area contributed by atoms with E-state index in [9.17, 15) is 4.79 Å². The molecule has 1 saturated heterocycles. The molecule has 3 aromatic rings. The standard InChI is InChI=1S/C18H22N6O2S/c1-26-11-16-22-23-18(27-16)21-15(25)10-24-8-4-5-12(9-24)17-19-13-6-2-3-7-14(13)20-17/h2-3,6-7,12H,4-5,8-11H2,1H3,(H,19,20)(H,21,23,25)/t12-/m0/s1. The lowest BCUT2D eigenvalue weighted by Crippen LogP contribution is -2.40. The Balaban J connectivity index is 1.35. The molecular weight excluding hydrogens is 364 g/mol. The zero-order valence-corrected chi connectivity index (χ0v) is 16.0. The van der Waals surface area contributed by atoms with Crippen LogP contribution in [0.25, 0.3) is 11.0 Å². The van der Waals surface area contributed by atoms with Gasteiger partial charge in [-0.05, 0) is 31.5 Å². The first-order chi connectivity index (χ1) is 13.2. The van der Waals surface area contributed by atoms with Crippen molar-refractivity contribution in [3.05, 3.63) is 35.1 Å². The Labute approximate surface area is 161 Å². The number of aromatic nitrogens is 4. The fourth-order valence-corrected chi connectivity index (χ4v) is 4.16. The molecule has 2 N–H and O–H groups in total. The average Bonchev–Trinajstić information content (AvgIpc) is 3.29. The van der Waals surface area contributed by atoms with Crippen LogP contribution in [0, 0.1) is 0 Å². The molecule has 0 saturated carbocycles. The number of benzene rings is 1. The van der Waals surface area contributed by atoms with Gasteiger partial charge in [0.05, 0.1) is 17.6 Å². The molecule has 4 rings (SSSR count). The third-order valence-electron chi connectivity index (χ3n) is 4.65. The second-order valence-corrected chi connectivity index (χ2v) is 7.76. The molecule has 0 spiro atoms. The number of imidazole rings is 1. The number of nitrogens with zero attached hydrogens (tertiary/aromatic N) is 4. The van der Waals surface area contributed by atoms with Crippen molar-refractivity contribution in [2.45, 2.75) is 25.4 Å². The van der Waals surface area contributed by atoms with E-state index in [1.54, 1.807) is 7.11 Å². The van der Waals surface area contributed by atoms with Crippen molar-refractivity contribution in [2.24, 2.45) is 0 Å². The summed E-state index contributed by atoms with van der Waals surface area (Å²) in [7, 11) is 1.61. The van der Waals surface area contributed by atoms with Gasteiger partial charge in [-0.1, -0.05) is 23.5 Å². The minimum absolute atomic E-state index is 0.0691. The molecule has 8 nitrogen and oxygen atoms in total. The first kappa shape index (κ1) is 18.0. The number of nitrogens with one attached hydrogen (secondary N) is 2. The van der Waals surface area contributed by atoms with Gasteiger partial charge in [0, 0.05) is 19.6 Å². The van der Waals surface area contributed by atoms with Crippen LogP contribution in [0.1, 0.15) is 29.6 Å². The number of fused-ring (bicyclic) bond motifs is 1. The van der Waals surface area contributed by atoms with Gasteiger partial charge in [0.25, 0.3) is 0 Å². The number of carbonyl (C=O) groups is 1. The smallest absolute Gasteiger partial charge is 0.240 e. The molecule has 1 aliphatic rings. The van der Waals surface area contributed by atoms with Crippen molar-refractivity contribution in [1.82, 2.24) is 25.1 Å². The summed E-state index contributed by atoms with van der Waals surface area (Å²) in [4.78, 5) is 22.7. The maximum atomic E-state index is 12.4. The molecular formula is C18H22N6O2S. The van der Waals surface area contributed by atoms with Gasteiger partial charge in [-0.2, -0.15) is 0 Å². The first-order valence-electron chi connectivity index (χ1n) is 8.99. The van der Waals surface area contributed by atoms with Crippen molar-refractivity contribution in [3.8, 4) is 0 Å². The third kappa shape index (κ3) is 4.32. The Morgan fingerprint density at radius 1 is 1.41 bits per heavy atom. The van der Waals surface area contributed by atoms with Crippen LogP contribution >= 0.6 is 11.3 Å². The fourth-order valence-electron chi connectivity index (χ4n) is 3.44. The van der Waals surface area contributed by atoms with Gasteiger partial charge in [0.15, 0.2) is 0 Å². The molecule has 9 heteroatoms. The Kier molecular flexibility index (Phi) is 5.42. The summed E-state index contributed by atoms with van der Waals surface area (Å²) in [6.07, 6.45) is 2.13. The molecule has 0 aliphatic carbocycles. The number of hydrogen-bond acceptors (Lipinski definition) is 7. The Morgan fingerprint density at radius 3 is 3.15 bits per heavy atom. The van der Waals surface area contributed by atoms with Crippen LogP contribution in [-0.4, -0.2) is 57.7 Å². The first-order valence-corrected chi connectivity index (χ1v) is 9.81. The number of anilines is 1. The van der Waals surface area contributed by atoms with Crippen LogP contribution in [0.15, 0.2) is 24.3 Å². The summed E-state index contributed by atoms with van der Waals surface area (Å²) in [5.74, 6) is 1.25. The molecule has 1 aromatic carbocycles. The lowest BCUT2D eigenvalue weighted by molar-refractivity contribution is -0.117. The van der Waals surface area contributed by atoms with Crippen molar-refractivity contribution in [1.29, 1.82) is 0 Å². The summed E-state index contributed by atoms with van der Waals surface area (Å²) in [6.45, 7) is 2.47. The van der Waals surface area contributed by atoms with Gasteiger partial charge in [-0.25, -0.2) is 4.98 Å². The van der Waals surface area contributed by atoms with Crippen molar-refractivity contribution in [2.75, 3.05) is 32.1 Å². The minimum Gasteiger partial charge on any atom is -0.377 e. The van der Waals surface area contributed by atoms with Crippen molar-refractivity contribution in [3.63, 3.8) is 0 Å². The molecule has 0 radical (unpaired) electrons. The van der Waals surface area contributed by atoms with Crippen molar-refractivity contribution < 1.29 is 9.53 Å². The molecule has 142 valence electrons. The lowest BCUT2D eigenvalue weighted by atomic mass is 9.97. The summed E-state index contributed by atoms with van der Waals surface area (Å²) in [5.41, 5.74) is 2.05. The van der Waals surface area contributed by atoms with Gasteiger partial charge in [0.1, 0.15) is 17.4 Å². The van der Waals surface area contributed by atoms with E-state index < -0.39 is 0 Å². The van der Waals surface area contributed by atoms with Gasteiger partial charge in [-0.3, -0.25) is 15.0 Å². The van der Waals surface area contributed by atoms with Gasteiger partial charge >= 0.3 is 0 Å². The van der Waals surface area contributed by atoms with Crippen LogP contribution in [0.3, 0.4) is 0 Å². The van der Waals surface area contributed by atoms with Crippen LogP contribution in [0.5, 0.6) is 0 Å². The van der Waals surface area contributed by atoms with Crippen LogP contribution in [0.4, 0.5) is 5.13 Å². The average molecular weight is 386 g/mol. The predicted octanol–water partition coefficient (Wildman–Crippen LogP) is 2.38. The fraction of sp³-hybridized carbons (Fsp3) is 0.444. The van der Waals surface area contributed by atoms with Crippen LogP contribution in [0.2, 0.25) is 0 Å². The second-order valence-electron chi connectivity index (χ2n) is 6.70. The molecule has 3 heterocycles. The zero-order chi connectivity index (χ0) is 18.6. The number of H-pyrrole nitrogens is 1. The van der Waals surface area contributed by atoms with Gasteiger partial charge < -0.3 is 9.72 Å². The number of methoxy groups -OCH3 is 1. The summed E-state index contributed by atoms with van der Waals surface area (Å²) < 4.78 is 5.02. The normalized spacial score (nSPS) is 18.0. The number of likely N-dealkylation sites (tertiary alicyclic amines) is 1. The number of ether oxygens (including phenoxy) is 1. The van der Waals surface area contributed by atoms with E-state index in [0.29, 0.717) is 24.2 Å². The minimum atomic E-state index is -0.0691. The number of para-hydroxylation sites is 2.